The lowest BCUT2D eigenvalue weighted by molar-refractivity contribution is -0.132. The average Bonchev–Trinajstić information content (AvgIpc) is 2.16. The van der Waals surface area contributed by atoms with E-state index in [2.05, 4.69) is 11.2 Å². The van der Waals surface area contributed by atoms with E-state index in [1.807, 2.05) is 0 Å². The number of hydrogen-bond acceptors (Lipinski definition) is 4. The Morgan fingerprint density at radius 2 is 2.13 bits per heavy atom. The van der Waals surface area contributed by atoms with E-state index in [1.54, 1.807) is 0 Å². The van der Waals surface area contributed by atoms with Crippen molar-refractivity contribution in [3.8, 4) is 12.3 Å². The number of nitrogens with one attached hydrogen (secondary N) is 1. The van der Waals surface area contributed by atoms with Crippen LogP contribution in [0.3, 0.4) is 0 Å². The quantitative estimate of drug-likeness (QED) is 0.505. The minimum absolute atomic E-state index is 0.145. The summed E-state index contributed by atoms with van der Waals surface area (Å²) >= 11 is 0. The fourth-order valence-corrected chi connectivity index (χ4v) is 2.85. The minimum Gasteiger partial charge on any atom is -0.304 e. The van der Waals surface area contributed by atoms with E-state index < -0.39 is 14.8 Å². The first kappa shape index (κ1) is 12.0. The molecule has 1 aliphatic heterocycles. The van der Waals surface area contributed by atoms with Gasteiger partial charge in [-0.3, -0.25) is 4.79 Å². The van der Waals surface area contributed by atoms with Gasteiger partial charge in [-0.15, -0.1) is 6.42 Å². The molecular formula is C9H14N2O3S. The molecule has 1 rings (SSSR count). The largest absolute Gasteiger partial charge is 0.304 e. The van der Waals surface area contributed by atoms with E-state index in [0.29, 0.717) is 13.1 Å². The van der Waals surface area contributed by atoms with Gasteiger partial charge < -0.3 is 5.32 Å². The molecule has 5 nitrogen and oxygen atoms in total. The van der Waals surface area contributed by atoms with Crippen LogP contribution in [-0.2, 0) is 14.8 Å². The normalized spacial score (nSPS) is 21.9. The molecule has 0 aromatic rings. The zero-order valence-corrected chi connectivity index (χ0v) is 9.60. The van der Waals surface area contributed by atoms with E-state index in [1.165, 1.54) is 13.8 Å². The summed E-state index contributed by atoms with van der Waals surface area (Å²) in [7, 11) is -3.44. The van der Waals surface area contributed by atoms with Crippen LogP contribution in [0.5, 0.6) is 0 Å². The first-order valence-electron chi connectivity index (χ1n) is 4.56. The van der Waals surface area contributed by atoms with Crippen LogP contribution in [0.15, 0.2) is 0 Å². The molecular weight excluding hydrogens is 216 g/mol. The number of amides is 1. The van der Waals surface area contributed by atoms with Crippen LogP contribution in [0.4, 0.5) is 0 Å². The molecule has 1 heterocycles. The predicted molar refractivity (Wildman–Crippen MR) is 56.4 cm³/mol. The molecule has 0 bridgehead atoms. The maximum absolute atomic E-state index is 11.6. The van der Waals surface area contributed by atoms with Crippen molar-refractivity contribution in [2.45, 2.75) is 18.6 Å². The molecule has 0 atom stereocenters. The second-order valence-electron chi connectivity index (χ2n) is 3.77. The fraction of sp³-hybridized carbons (Fsp3) is 0.667. The monoisotopic (exact) mass is 230 g/mol. The first-order valence-corrected chi connectivity index (χ1v) is 6.00. The summed E-state index contributed by atoms with van der Waals surface area (Å²) in [5.41, 5.74) is 0. The molecule has 0 unspecified atom stereocenters. The number of nitrogens with zero attached hydrogens (tertiary/aromatic N) is 1. The second-order valence-corrected chi connectivity index (χ2v) is 6.19. The summed E-state index contributed by atoms with van der Waals surface area (Å²) in [6, 6.07) is 0. The number of carbonyl (C=O) groups excluding carboxylic acids is 1. The standard InChI is InChI=1S/C9H14N2O3S/c1-4-5-10-6-7-11-8(12)9(2,3)15(11,13)14/h1,10H,5-7H2,2-3H3. The van der Waals surface area contributed by atoms with Gasteiger partial charge in [-0.05, 0) is 13.8 Å². The van der Waals surface area contributed by atoms with Gasteiger partial charge in [-0.2, -0.15) is 0 Å². The van der Waals surface area contributed by atoms with Crippen LogP contribution in [0.1, 0.15) is 13.8 Å². The third kappa shape index (κ3) is 1.73. The number of terminal acetylenes is 1. The Bertz CT molecular complexity index is 406. The summed E-state index contributed by atoms with van der Waals surface area (Å²) in [6.45, 7) is 3.72. The van der Waals surface area contributed by atoms with Gasteiger partial charge in [0.25, 0.3) is 15.9 Å². The van der Waals surface area contributed by atoms with Crippen LogP contribution in [-0.4, -0.2) is 43.0 Å². The molecule has 0 saturated carbocycles. The van der Waals surface area contributed by atoms with E-state index in [9.17, 15) is 13.2 Å². The van der Waals surface area contributed by atoms with Gasteiger partial charge in [0.1, 0.15) is 0 Å². The third-order valence-electron chi connectivity index (χ3n) is 2.40. The van der Waals surface area contributed by atoms with Gasteiger partial charge in [0.05, 0.1) is 6.54 Å². The summed E-state index contributed by atoms with van der Waals surface area (Å²) in [5, 5.41) is 2.83. The van der Waals surface area contributed by atoms with Crippen molar-refractivity contribution in [3.05, 3.63) is 0 Å². The van der Waals surface area contributed by atoms with Gasteiger partial charge >= 0.3 is 0 Å². The highest BCUT2D eigenvalue weighted by atomic mass is 32.2. The van der Waals surface area contributed by atoms with Crippen LogP contribution in [0, 0.1) is 12.3 Å². The van der Waals surface area contributed by atoms with Crippen molar-refractivity contribution >= 4 is 15.9 Å². The van der Waals surface area contributed by atoms with Crippen LogP contribution < -0.4 is 5.32 Å². The number of hydrogen-bond donors (Lipinski definition) is 1. The lowest BCUT2D eigenvalue weighted by Gasteiger charge is -2.43. The third-order valence-corrected chi connectivity index (χ3v) is 4.79. The summed E-state index contributed by atoms with van der Waals surface area (Å²) < 4.78 is 22.8. The van der Waals surface area contributed by atoms with Crippen molar-refractivity contribution < 1.29 is 13.2 Å². The van der Waals surface area contributed by atoms with E-state index in [4.69, 9.17) is 6.42 Å². The van der Waals surface area contributed by atoms with Crippen molar-refractivity contribution in [2.75, 3.05) is 19.6 Å². The maximum atomic E-state index is 11.6. The molecule has 84 valence electrons. The Balaban J connectivity index is 2.54. The Kier molecular flexibility index (Phi) is 3.07. The molecule has 0 radical (unpaired) electrons. The molecule has 0 aliphatic carbocycles. The zero-order valence-electron chi connectivity index (χ0n) is 8.78. The highest BCUT2D eigenvalue weighted by molar-refractivity contribution is 7.94. The van der Waals surface area contributed by atoms with Crippen molar-refractivity contribution in [2.24, 2.45) is 0 Å². The number of rotatable bonds is 4. The maximum Gasteiger partial charge on any atom is 0.258 e. The minimum atomic E-state index is -3.44. The Morgan fingerprint density at radius 1 is 1.53 bits per heavy atom. The Hall–Kier alpha value is -1.06. The molecule has 15 heavy (non-hydrogen) atoms. The summed E-state index contributed by atoms with van der Waals surface area (Å²) in [6.07, 6.45) is 5.00. The molecule has 0 aromatic heterocycles. The molecule has 1 fully saturated rings. The van der Waals surface area contributed by atoms with E-state index in [-0.39, 0.29) is 12.5 Å². The first-order chi connectivity index (χ1) is 6.85. The molecule has 0 aromatic carbocycles. The second kappa shape index (κ2) is 3.83. The van der Waals surface area contributed by atoms with E-state index in [0.717, 1.165) is 4.31 Å². The Labute approximate surface area is 89.9 Å². The van der Waals surface area contributed by atoms with Crippen molar-refractivity contribution in [1.29, 1.82) is 0 Å². The molecule has 1 aliphatic rings. The molecule has 0 spiro atoms. The highest BCUT2D eigenvalue weighted by Gasteiger charge is 2.59. The lowest BCUT2D eigenvalue weighted by Crippen LogP contribution is -2.68. The molecule has 1 amide bonds. The smallest absolute Gasteiger partial charge is 0.258 e. The van der Waals surface area contributed by atoms with Crippen LogP contribution >= 0.6 is 0 Å². The molecule has 1 saturated heterocycles. The van der Waals surface area contributed by atoms with Gasteiger partial charge in [0.15, 0.2) is 4.75 Å². The van der Waals surface area contributed by atoms with E-state index >= 15 is 0 Å². The zero-order chi connectivity index (χ0) is 11.7. The SMILES string of the molecule is C#CCNCCN1C(=O)C(C)(C)S1(=O)=O. The van der Waals surface area contributed by atoms with Crippen LogP contribution in [0.25, 0.3) is 0 Å². The molecule has 1 N–H and O–H groups in total. The lowest BCUT2D eigenvalue weighted by atomic mass is 10.2. The summed E-state index contributed by atoms with van der Waals surface area (Å²) in [4.78, 5) is 11.4. The topological polar surface area (TPSA) is 66.5 Å². The Morgan fingerprint density at radius 3 is 2.60 bits per heavy atom. The van der Waals surface area contributed by atoms with Gasteiger partial charge in [0, 0.05) is 13.1 Å². The van der Waals surface area contributed by atoms with Crippen molar-refractivity contribution in [1.82, 2.24) is 9.62 Å². The number of sulfonamides is 1. The highest BCUT2D eigenvalue weighted by Crippen LogP contribution is 2.33. The predicted octanol–water partition coefficient (Wildman–Crippen LogP) is -0.840. The number of carbonyl (C=O) groups is 1. The van der Waals surface area contributed by atoms with Crippen LogP contribution in [0.2, 0.25) is 0 Å². The van der Waals surface area contributed by atoms with Gasteiger partial charge in [0.2, 0.25) is 0 Å². The van der Waals surface area contributed by atoms with Gasteiger partial charge in [-0.25, -0.2) is 12.7 Å². The fourth-order valence-electron chi connectivity index (χ4n) is 1.32. The average molecular weight is 230 g/mol. The summed E-state index contributed by atoms with van der Waals surface area (Å²) in [5.74, 6) is 2.01. The van der Waals surface area contributed by atoms with Gasteiger partial charge in [-0.1, -0.05) is 5.92 Å². The van der Waals surface area contributed by atoms with Crippen molar-refractivity contribution in [3.63, 3.8) is 0 Å². The molecule has 6 heteroatoms.